The van der Waals surface area contributed by atoms with Crippen LogP contribution in [0.2, 0.25) is 0 Å². The summed E-state index contributed by atoms with van der Waals surface area (Å²) < 4.78 is 0. The fourth-order valence-corrected chi connectivity index (χ4v) is 1.66. The van der Waals surface area contributed by atoms with E-state index in [2.05, 4.69) is 10.6 Å². The van der Waals surface area contributed by atoms with E-state index in [1.165, 1.54) is 18.2 Å². The Balaban J connectivity index is 2.98. The molecule has 0 heterocycles. The molecule has 1 aromatic rings. The molecule has 0 unspecified atom stereocenters. The zero-order valence-corrected chi connectivity index (χ0v) is 11.9. The summed E-state index contributed by atoms with van der Waals surface area (Å²) in [5.74, 6) is -0.555. The molecular weight excluding hydrogens is 256 g/mol. The van der Waals surface area contributed by atoms with Gasteiger partial charge < -0.3 is 10.6 Å². The SMILES string of the molecule is CCCNC(=O)c1cc(C=O)cc(C(=O)NCCC)c1. The van der Waals surface area contributed by atoms with E-state index in [9.17, 15) is 14.4 Å². The lowest BCUT2D eigenvalue weighted by Gasteiger charge is -2.08. The monoisotopic (exact) mass is 276 g/mol. The average Bonchev–Trinajstić information content (AvgIpc) is 2.49. The molecule has 0 fully saturated rings. The molecule has 108 valence electrons. The van der Waals surface area contributed by atoms with Crippen LogP contribution in [0.25, 0.3) is 0 Å². The second-order valence-electron chi connectivity index (χ2n) is 4.47. The van der Waals surface area contributed by atoms with Crippen LogP contribution < -0.4 is 10.6 Å². The number of amides is 2. The molecule has 5 heteroatoms. The summed E-state index contributed by atoms with van der Waals surface area (Å²) in [5.41, 5.74) is 0.963. The number of hydrogen-bond acceptors (Lipinski definition) is 3. The van der Waals surface area contributed by atoms with Crippen LogP contribution in [0.5, 0.6) is 0 Å². The Kier molecular flexibility index (Phi) is 6.43. The van der Waals surface area contributed by atoms with Gasteiger partial charge in [0, 0.05) is 29.8 Å². The summed E-state index contributed by atoms with van der Waals surface area (Å²) in [5, 5.41) is 5.45. The van der Waals surface area contributed by atoms with Gasteiger partial charge in [0.2, 0.25) is 0 Å². The summed E-state index contributed by atoms with van der Waals surface area (Å²) in [6.07, 6.45) is 2.28. The smallest absolute Gasteiger partial charge is 0.251 e. The van der Waals surface area contributed by atoms with Crippen molar-refractivity contribution in [2.45, 2.75) is 26.7 Å². The zero-order valence-electron chi connectivity index (χ0n) is 11.9. The topological polar surface area (TPSA) is 75.3 Å². The fourth-order valence-electron chi connectivity index (χ4n) is 1.66. The molecule has 20 heavy (non-hydrogen) atoms. The van der Waals surface area contributed by atoms with Gasteiger partial charge in [-0.3, -0.25) is 14.4 Å². The third-order valence-electron chi connectivity index (χ3n) is 2.69. The predicted octanol–water partition coefficient (Wildman–Crippen LogP) is 1.78. The van der Waals surface area contributed by atoms with E-state index in [4.69, 9.17) is 0 Å². The average molecular weight is 276 g/mol. The molecule has 1 aromatic carbocycles. The molecule has 0 saturated carbocycles. The van der Waals surface area contributed by atoms with E-state index in [-0.39, 0.29) is 11.8 Å². The molecule has 0 aliphatic heterocycles. The highest BCUT2D eigenvalue weighted by molar-refractivity contribution is 6.01. The van der Waals surface area contributed by atoms with Crippen LogP contribution >= 0.6 is 0 Å². The lowest BCUT2D eigenvalue weighted by atomic mass is 10.0. The van der Waals surface area contributed by atoms with Gasteiger partial charge in [0.15, 0.2) is 0 Å². The zero-order chi connectivity index (χ0) is 15.0. The Morgan fingerprint density at radius 2 is 1.40 bits per heavy atom. The van der Waals surface area contributed by atoms with Crippen LogP contribution in [0, 0.1) is 0 Å². The van der Waals surface area contributed by atoms with Gasteiger partial charge in [-0.2, -0.15) is 0 Å². The number of carbonyl (C=O) groups is 3. The fraction of sp³-hybridized carbons (Fsp3) is 0.400. The molecule has 0 aliphatic carbocycles. The Labute approximate surface area is 118 Å². The van der Waals surface area contributed by atoms with E-state index in [1.54, 1.807) is 0 Å². The van der Waals surface area contributed by atoms with Crippen LogP contribution in [0.3, 0.4) is 0 Å². The van der Waals surface area contributed by atoms with Crippen molar-refractivity contribution in [2.75, 3.05) is 13.1 Å². The highest BCUT2D eigenvalue weighted by atomic mass is 16.2. The summed E-state index contributed by atoms with van der Waals surface area (Å²) in [6.45, 7) is 5.01. The quantitative estimate of drug-likeness (QED) is 0.745. The van der Waals surface area contributed by atoms with Crippen molar-refractivity contribution in [3.05, 3.63) is 34.9 Å². The minimum absolute atomic E-state index is 0.278. The van der Waals surface area contributed by atoms with Gasteiger partial charge in [0.1, 0.15) is 6.29 Å². The van der Waals surface area contributed by atoms with Crippen molar-refractivity contribution in [3.8, 4) is 0 Å². The lowest BCUT2D eigenvalue weighted by Crippen LogP contribution is -2.26. The Hall–Kier alpha value is -2.17. The van der Waals surface area contributed by atoms with Gasteiger partial charge in [-0.15, -0.1) is 0 Å². The molecule has 0 atom stereocenters. The molecular formula is C15H20N2O3. The first-order chi connectivity index (χ1) is 9.62. The third-order valence-corrected chi connectivity index (χ3v) is 2.69. The first-order valence-corrected chi connectivity index (χ1v) is 6.79. The second-order valence-corrected chi connectivity index (χ2v) is 4.47. The molecule has 0 spiro atoms. The first-order valence-electron chi connectivity index (χ1n) is 6.79. The number of hydrogen-bond donors (Lipinski definition) is 2. The van der Waals surface area contributed by atoms with Gasteiger partial charge >= 0.3 is 0 Å². The van der Waals surface area contributed by atoms with E-state index in [0.29, 0.717) is 36.1 Å². The third kappa shape index (κ3) is 4.50. The van der Waals surface area contributed by atoms with Crippen LogP contribution in [0.15, 0.2) is 18.2 Å². The Bertz CT molecular complexity index is 460. The molecule has 0 saturated heterocycles. The summed E-state index contributed by atoms with van der Waals surface area (Å²) in [7, 11) is 0. The highest BCUT2D eigenvalue weighted by Gasteiger charge is 2.12. The van der Waals surface area contributed by atoms with Crippen molar-refractivity contribution in [1.82, 2.24) is 10.6 Å². The number of aldehydes is 1. The van der Waals surface area contributed by atoms with Gasteiger partial charge in [0.05, 0.1) is 0 Å². The largest absolute Gasteiger partial charge is 0.352 e. The molecule has 5 nitrogen and oxygen atoms in total. The molecule has 1 rings (SSSR count). The van der Waals surface area contributed by atoms with Crippen molar-refractivity contribution in [2.24, 2.45) is 0 Å². The maximum atomic E-state index is 11.9. The minimum Gasteiger partial charge on any atom is -0.352 e. The van der Waals surface area contributed by atoms with Crippen LogP contribution in [0.4, 0.5) is 0 Å². The van der Waals surface area contributed by atoms with Crippen LogP contribution in [0.1, 0.15) is 57.8 Å². The van der Waals surface area contributed by atoms with E-state index in [0.717, 1.165) is 12.8 Å². The maximum Gasteiger partial charge on any atom is 0.251 e. The lowest BCUT2D eigenvalue weighted by molar-refractivity contribution is 0.0953. The molecule has 2 N–H and O–H groups in total. The minimum atomic E-state index is -0.278. The van der Waals surface area contributed by atoms with Crippen molar-refractivity contribution in [3.63, 3.8) is 0 Å². The van der Waals surface area contributed by atoms with Gasteiger partial charge in [-0.05, 0) is 31.0 Å². The first kappa shape index (κ1) is 15.9. The van der Waals surface area contributed by atoms with Crippen molar-refractivity contribution in [1.29, 1.82) is 0 Å². The molecule has 0 aliphatic rings. The molecule has 0 radical (unpaired) electrons. The molecule has 2 amide bonds. The standard InChI is InChI=1S/C15H20N2O3/c1-3-5-16-14(19)12-7-11(10-18)8-13(9-12)15(20)17-6-4-2/h7-10H,3-6H2,1-2H3,(H,16,19)(H,17,20). The number of carbonyl (C=O) groups excluding carboxylic acids is 3. The second kappa shape index (κ2) is 8.09. The number of nitrogens with one attached hydrogen (secondary N) is 2. The van der Waals surface area contributed by atoms with Crippen LogP contribution in [-0.2, 0) is 0 Å². The van der Waals surface area contributed by atoms with E-state index in [1.807, 2.05) is 13.8 Å². The predicted molar refractivity (Wildman–Crippen MR) is 77.1 cm³/mol. The van der Waals surface area contributed by atoms with Crippen LogP contribution in [-0.4, -0.2) is 31.2 Å². The van der Waals surface area contributed by atoms with Crippen molar-refractivity contribution >= 4 is 18.1 Å². The maximum absolute atomic E-state index is 11.9. The van der Waals surface area contributed by atoms with Gasteiger partial charge in [0.25, 0.3) is 11.8 Å². The molecule has 0 aromatic heterocycles. The Morgan fingerprint density at radius 1 is 0.950 bits per heavy atom. The van der Waals surface area contributed by atoms with Gasteiger partial charge in [-0.1, -0.05) is 13.8 Å². The summed E-state index contributed by atoms with van der Waals surface area (Å²) in [4.78, 5) is 34.7. The Morgan fingerprint density at radius 3 is 1.75 bits per heavy atom. The van der Waals surface area contributed by atoms with Crippen molar-refractivity contribution < 1.29 is 14.4 Å². The normalized spacial score (nSPS) is 9.90. The van der Waals surface area contributed by atoms with E-state index >= 15 is 0 Å². The van der Waals surface area contributed by atoms with Gasteiger partial charge in [-0.25, -0.2) is 0 Å². The van der Waals surface area contributed by atoms with E-state index < -0.39 is 0 Å². The number of benzene rings is 1. The molecule has 0 bridgehead atoms. The highest BCUT2D eigenvalue weighted by Crippen LogP contribution is 2.10. The number of rotatable bonds is 7. The summed E-state index contributed by atoms with van der Waals surface area (Å²) in [6, 6.07) is 4.46. The summed E-state index contributed by atoms with van der Waals surface area (Å²) >= 11 is 0.